The van der Waals surface area contributed by atoms with E-state index in [1.807, 2.05) is 0 Å². The van der Waals surface area contributed by atoms with Gasteiger partial charge in [-0.15, -0.1) is 0 Å². The third-order valence-electron chi connectivity index (χ3n) is 4.25. The molecule has 0 unspecified atom stereocenters. The summed E-state index contributed by atoms with van der Waals surface area (Å²) >= 11 is 0. The van der Waals surface area contributed by atoms with Crippen molar-refractivity contribution >= 4 is 5.78 Å². The zero-order chi connectivity index (χ0) is 11.9. The highest BCUT2D eigenvalue weighted by Crippen LogP contribution is 2.43. The Morgan fingerprint density at radius 2 is 1.81 bits per heavy atom. The highest BCUT2D eigenvalue weighted by Gasteiger charge is 2.31. The van der Waals surface area contributed by atoms with Crippen molar-refractivity contribution in [3.05, 3.63) is 22.3 Å². The van der Waals surface area contributed by atoms with E-state index in [0.717, 1.165) is 18.4 Å². The lowest BCUT2D eigenvalue weighted by atomic mass is 9.93. The lowest BCUT2D eigenvalue weighted by molar-refractivity contribution is -0.116. The van der Waals surface area contributed by atoms with E-state index in [4.69, 9.17) is 0 Å². The van der Waals surface area contributed by atoms with Crippen LogP contribution >= 0.6 is 0 Å². The van der Waals surface area contributed by atoms with Crippen LogP contribution in [0.2, 0.25) is 0 Å². The minimum atomic E-state index is 0.383. The number of allylic oxidation sites excluding steroid dienone is 4. The molecule has 0 amide bonds. The molecule has 2 atom stereocenters. The first-order valence-corrected chi connectivity index (χ1v) is 6.42. The predicted molar refractivity (Wildman–Crippen MR) is 67.2 cm³/mol. The SMILES string of the molecule is CC(C)=C1CC2=C(CC[C@@H]2C)[C@H](C)CC1=O. The Balaban J connectivity index is 2.41. The molecule has 0 aromatic rings. The molecule has 1 nitrogen and oxygen atoms in total. The molecule has 0 heterocycles. The smallest absolute Gasteiger partial charge is 0.159 e. The first-order chi connectivity index (χ1) is 7.50. The lowest BCUT2D eigenvalue weighted by Gasteiger charge is -2.11. The summed E-state index contributed by atoms with van der Waals surface area (Å²) in [5, 5.41) is 0. The molecule has 16 heavy (non-hydrogen) atoms. The van der Waals surface area contributed by atoms with Crippen LogP contribution in [0.4, 0.5) is 0 Å². The molecule has 0 aromatic carbocycles. The number of rotatable bonds is 0. The average Bonchev–Trinajstić information content (AvgIpc) is 2.49. The Labute approximate surface area is 98.6 Å². The van der Waals surface area contributed by atoms with Gasteiger partial charge in [0.05, 0.1) is 0 Å². The third-order valence-corrected chi connectivity index (χ3v) is 4.25. The van der Waals surface area contributed by atoms with Crippen LogP contribution in [-0.2, 0) is 4.79 Å². The van der Waals surface area contributed by atoms with Crippen LogP contribution in [0.15, 0.2) is 22.3 Å². The van der Waals surface area contributed by atoms with Crippen molar-refractivity contribution in [3.8, 4) is 0 Å². The molecule has 1 heteroatoms. The maximum absolute atomic E-state index is 12.1. The molecule has 88 valence electrons. The molecular weight excluding hydrogens is 196 g/mol. The Morgan fingerprint density at radius 3 is 2.44 bits per heavy atom. The van der Waals surface area contributed by atoms with Crippen LogP contribution in [0, 0.1) is 11.8 Å². The second-order valence-electron chi connectivity index (χ2n) is 5.67. The van der Waals surface area contributed by atoms with E-state index >= 15 is 0 Å². The predicted octanol–water partition coefficient (Wildman–Crippen LogP) is 4.05. The fourth-order valence-corrected chi connectivity index (χ4v) is 3.14. The minimum Gasteiger partial charge on any atom is -0.295 e. The summed E-state index contributed by atoms with van der Waals surface area (Å²) in [5.74, 6) is 1.55. The fourth-order valence-electron chi connectivity index (χ4n) is 3.14. The van der Waals surface area contributed by atoms with Crippen LogP contribution in [0.25, 0.3) is 0 Å². The Bertz CT molecular complexity index is 380. The van der Waals surface area contributed by atoms with E-state index in [-0.39, 0.29) is 0 Å². The van der Waals surface area contributed by atoms with Gasteiger partial charge in [-0.3, -0.25) is 4.79 Å². The van der Waals surface area contributed by atoms with E-state index in [0.29, 0.717) is 17.6 Å². The molecule has 0 aliphatic heterocycles. The number of ketones is 1. The van der Waals surface area contributed by atoms with Gasteiger partial charge in [-0.2, -0.15) is 0 Å². The summed E-state index contributed by atoms with van der Waals surface area (Å²) in [6, 6.07) is 0. The molecule has 0 spiro atoms. The highest BCUT2D eigenvalue weighted by atomic mass is 16.1. The van der Waals surface area contributed by atoms with Gasteiger partial charge >= 0.3 is 0 Å². The van der Waals surface area contributed by atoms with E-state index in [1.165, 1.54) is 18.4 Å². The molecule has 0 bridgehead atoms. The van der Waals surface area contributed by atoms with Crippen molar-refractivity contribution in [2.45, 2.75) is 53.4 Å². The van der Waals surface area contributed by atoms with Crippen LogP contribution in [0.1, 0.15) is 53.4 Å². The topological polar surface area (TPSA) is 17.1 Å². The van der Waals surface area contributed by atoms with E-state index in [9.17, 15) is 4.79 Å². The molecule has 0 radical (unpaired) electrons. The maximum atomic E-state index is 12.1. The quantitative estimate of drug-likeness (QED) is 0.443. The molecule has 0 saturated heterocycles. The molecular formula is C15H22O. The van der Waals surface area contributed by atoms with Gasteiger partial charge in [0.1, 0.15) is 0 Å². The van der Waals surface area contributed by atoms with Gasteiger partial charge in [0.2, 0.25) is 0 Å². The van der Waals surface area contributed by atoms with E-state index in [1.54, 1.807) is 11.1 Å². The highest BCUT2D eigenvalue weighted by molar-refractivity contribution is 5.97. The van der Waals surface area contributed by atoms with E-state index in [2.05, 4.69) is 27.7 Å². The fraction of sp³-hybridized carbons (Fsp3) is 0.667. The average molecular weight is 218 g/mol. The van der Waals surface area contributed by atoms with Crippen LogP contribution in [0.5, 0.6) is 0 Å². The minimum absolute atomic E-state index is 0.383. The molecule has 0 N–H and O–H groups in total. The van der Waals surface area contributed by atoms with E-state index < -0.39 is 0 Å². The zero-order valence-corrected chi connectivity index (χ0v) is 10.9. The van der Waals surface area contributed by atoms with Crippen molar-refractivity contribution in [2.24, 2.45) is 11.8 Å². The van der Waals surface area contributed by atoms with Crippen molar-refractivity contribution in [2.75, 3.05) is 0 Å². The summed E-state index contributed by atoms with van der Waals surface area (Å²) in [5.41, 5.74) is 5.47. The normalized spacial score (nSPS) is 30.5. The lowest BCUT2D eigenvalue weighted by Crippen LogP contribution is -2.08. The molecule has 2 aliphatic rings. The molecule has 0 aromatic heterocycles. The second kappa shape index (κ2) is 4.20. The molecule has 2 rings (SSSR count). The summed E-state index contributed by atoms with van der Waals surface area (Å²) in [6.45, 7) is 8.68. The monoisotopic (exact) mass is 218 g/mol. The van der Waals surface area contributed by atoms with Gasteiger partial charge in [0.25, 0.3) is 0 Å². The van der Waals surface area contributed by atoms with Gasteiger partial charge in [0.15, 0.2) is 5.78 Å². The first kappa shape index (κ1) is 11.6. The number of hydrogen-bond donors (Lipinski definition) is 0. The van der Waals surface area contributed by atoms with Gasteiger partial charge in [-0.1, -0.05) is 30.6 Å². The number of hydrogen-bond acceptors (Lipinski definition) is 1. The van der Waals surface area contributed by atoms with Crippen molar-refractivity contribution in [1.29, 1.82) is 0 Å². The van der Waals surface area contributed by atoms with Gasteiger partial charge in [-0.25, -0.2) is 0 Å². The molecule has 0 fully saturated rings. The van der Waals surface area contributed by atoms with Crippen LogP contribution < -0.4 is 0 Å². The van der Waals surface area contributed by atoms with Gasteiger partial charge < -0.3 is 0 Å². The summed E-state index contributed by atoms with van der Waals surface area (Å²) in [4.78, 5) is 12.1. The maximum Gasteiger partial charge on any atom is 0.159 e. The van der Waals surface area contributed by atoms with Crippen molar-refractivity contribution in [1.82, 2.24) is 0 Å². The Kier molecular flexibility index (Phi) is 3.05. The Hall–Kier alpha value is -0.850. The zero-order valence-electron chi connectivity index (χ0n) is 10.9. The van der Waals surface area contributed by atoms with Crippen LogP contribution in [0.3, 0.4) is 0 Å². The van der Waals surface area contributed by atoms with Crippen molar-refractivity contribution < 1.29 is 4.79 Å². The summed E-state index contributed by atoms with van der Waals surface area (Å²) in [7, 11) is 0. The third kappa shape index (κ3) is 1.88. The molecule has 0 saturated carbocycles. The van der Waals surface area contributed by atoms with Crippen LogP contribution in [-0.4, -0.2) is 5.78 Å². The Morgan fingerprint density at radius 1 is 1.12 bits per heavy atom. The number of Topliss-reactive ketones (excluding diaryl/α,β-unsaturated/α-hetero) is 1. The number of carbonyl (C=O) groups excluding carboxylic acids is 1. The summed E-state index contributed by atoms with van der Waals surface area (Å²) in [6.07, 6.45) is 4.17. The largest absolute Gasteiger partial charge is 0.295 e. The van der Waals surface area contributed by atoms with Gasteiger partial charge in [-0.05, 0) is 50.5 Å². The molecule has 2 aliphatic carbocycles. The first-order valence-electron chi connectivity index (χ1n) is 6.42. The standard InChI is InChI=1S/C15H22O/c1-9(2)13-8-14-10(3)5-6-12(14)11(4)7-15(13)16/h10-11H,5-8H2,1-4H3/t10-,11+/m0/s1. The second-order valence-corrected chi connectivity index (χ2v) is 5.67. The van der Waals surface area contributed by atoms with Crippen molar-refractivity contribution in [3.63, 3.8) is 0 Å². The van der Waals surface area contributed by atoms with Gasteiger partial charge in [0, 0.05) is 6.42 Å². The number of carbonyl (C=O) groups is 1. The summed E-state index contributed by atoms with van der Waals surface area (Å²) < 4.78 is 0.